The fourth-order valence-electron chi connectivity index (χ4n) is 4.38. The van der Waals surface area contributed by atoms with E-state index in [0.29, 0.717) is 22.7 Å². The predicted octanol–water partition coefficient (Wildman–Crippen LogP) is 5.06. The zero-order valence-corrected chi connectivity index (χ0v) is 18.7. The highest BCUT2D eigenvalue weighted by Gasteiger charge is 2.47. The van der Waals surface area contributed by atoms with Gasteiger partial charge in [0, 0.05) is 28.1 Å². The van der Waals surface area contributed by atoms with E-state index in [1.165, 1.54) is 24.6 Å². The lowest BCUT2D eigenvalue weighted by atomic mass is 9.72. The van der Waals surface area contributed by atoms with Gasteiger partial charge in [-0.1, -0.05) is 13.3 Å². The summed E-state index contributed by atoms with van der Waals surface area (Å²) in [4.78, 5) is 14.7. The Morgan fingerprint density at radius 3 is 2.60 bits per heavy atom. The Bertz CT molecular complexity index is 972. The van der Waals surface area contributed by atoms with Gasteiger partial charge in [-0.2, -0.15) is 0 Å². The molecule has 2 heterocycles. The molecule has 30 heavy (non-hydrogen) atoms. The van der Waals surface area contributed by atoms with Crippen molar-refractivity contribution in [3.8, 4) is 0 Å². The fraction of sp³-hybridized carbons (Fsp3) is 0.409. The Labute approximate surface area is 187 Å². The smallest absolute Gasteiger partial charge is 0.256 e. The lowest BCUT2D eigenvalue weighted by molar-refractivity contribution is -0.0109. The second-order valence-electron chi connectivity index (χ2n) is 8.35. The van der Waals surface area contributed by atoms with Crippen molar-refractivity contribution in [3.63, 3.8) is 0 Å². The quantitative estimate of drug-likeness (QED) is 0.545. The molecule has 1 atom stereocenters. The van der Waals surface area contributed by atoms with Gasteiger partial charge in [0.25, 0.3) is 5.91 Å². The number of carbonyl (C=O) groups excluding carboxylic acids is 1. The van der Waals surface area contributed by atoms with E-state index in [1.54, 1.807) is 11.0 Å². The van der Waals surface area contributed by atoms with E-state index >= 15 is 0 Å². The number of benzene rings is 2. The van der Waals surface area contributed by atoms with E-state index in [0.717, 1.165) is 25.5 Å². The number of likely N-dealkylation sites (tertiary alicyclic amines) is 1. The van der Waals surface area contributed by atoms with Crippen LogP contribution in [0.3, 0.4) is 0 Å². The molecule has 2 aromatic carbocycles. The Morgan fingerprint density at radius 2 is 1.93 bits per heavy atom. The van der Waals surface area contributed by atoms with Crippen LogP contribution >= 0.6 is 22.6 Å². The second-order valence-corrected chi connectivity index (χ2v) is 9.60. The average molecular weight is 529 g/mol. The molecule has 8 heteroatoms. The summed E-state index contributed by atoms with van der Waals surface area (Å²) >= 11 is 1.96. The van der Waals surface area contributed by atoms with E-state index in [4.69, 9.17) is 0 Å². The third-order valence-corrected chi connectivity index (χ3v) is 6.73. The average Bonchev–Trinajstić information content (AvgIpc) is 2.71. The van der Waals surface area contributed by atoms with Gasteiger partial charge >= 0.3 is 0 Å². The van der Waals surface area contributed by atoms with Crippen molar-refractivity contribution in [1.82, 2.24) is 10.2 Å². The molecule has 2 saturated heterocycles. The monoisotopic (exact) mass is 529 g/mol. The first kappa shape index (κ1) is 21.4. The topological polar surface area (TPSA) is 44.4 Å². The zero-order valence-electron chi connectivity index (χ0n) is 16.6. The lowest BCUT2D eigenvalue weighted by Gasteiger charge is -2.53. The maximum absolute atomic E-state index is 14.6. The summed E-state index contributed by atoms with van der Waals surface area (Å²) in [6.45, 7) is 4.21. The molecule has 2 N–H and O–H groups in total. The van der Waals surface area contributed by atoms with E-state index < -0.39 is 23.4 Å². The van der Waals surface area contributed by atoms with Crippen molar-refractivity contribution in [2.24, 2.45) is 5.41 Å². The van der Waals surface area contributed by atoms with E-state index in [-0.39, 0.29) is 22.4 Å². The number of nitrogens with zero attached hydrogens (tertiary/aromatic N) is 1. The van der Waals surface area contributed by atoms with Crippen LogP contribution in [-0.2, 0) is 0 Å². The number of rotatable bonds is 4. The highest BCUT2D eigenvalue weighted by molar-refractivity contribution is 14.1. The highest BCUT2D eigenvalue weighted by Crippen LogP contribution is 2.39. The van der Waals surface area contributed by atoms with Gasteiger partial charge in [-0.25, -0.2) is 13.2 Å². The molecule has 4 rings (SSSR count). The molecule has 0 unspecified atom stereocenters. The number of amides is 1. The first-order chi connectivity index (χ1) is 14.3. The van der Waals surface area contributed by atoms with Crippen LogP contribution in [0.25, 0.3) is 0 Å². The van der Waals surface area contributed by atoms with Crippen LogP contribution in [0.1, 0.15) is 36.5 Å². The second kappa shape index (κ2) is 8.37. The Hall–Kier alpha value is -1.81. The zero-order chi connectivity index (χ0) is 21.5. The Balaban J connectivity index is 1.57. The molecule has 1 amide bonds. The third-order valence-electron chi connectivity index (χ3n) is 6.06. The molecular formula is C22H23F3IN3O. The SMILES string of the molecule is CC1([C@@H]2CCCCN2)CN(C(=O)c2ccc(F)c(F)c2Nc2ccc(I)cc2F)C1. The summed E-state index contributed by atoms with van der Waals surface area (Å²) in [6, 6.07) is 6.88. The van der Waals surface area contributed by atoms with Crippen molar-refractivity contribution >= 4 is 39.9 Å². The minimum Gasteiger partial charge on any atom is -0.350 e. The van der Waals surface area contributed by atoms with Crippen molar-refractivity contribution in [2.75, 3.05) is 25.0 Å². The van der Waals surface area contributed by atoms with E-state index in [2.05, 4.69) is 17.6 Å². The summed E-state index contributed by atoms with van der Waals surface area (Å²) in [5, 5.41) is 6.12. The number of anilines is 2. The van der Waals surface area contributed by atoms with Crippen molar-refractivity contribution in [2.45, 2.75) is 32.2 Å². The molecule has 0 saturated carbocycles. The fourth-order valence-corrected chi connectivity index (χ4v) is 4.84. The van der Waals surface area contributed by atoms with Gasteiger partial charge in [0.2, 0.25) is 0 Å². The van der Waals surface area contributed by atoms with Gasteiger partial charge in [0.05, 0.1) is 16.9 Å². The summed E-state index contributed by atoms with van der Waals surface area (Å²) in [6.07, 6.45) is 3.40. The molecule has 0 aliphatic carbocycles. The molecule has 2 fully saturated rings. The Morgan fingerprint density at radius 1 is 1.17 bits per heavy atom. The largest absolute Gasteiger partial charge is 0.350 e. The predicted molar refractivity (Wildman–Crippen MR) is 118 cm³/mol. The van der Waals surface area contributed by atoms with Crippen LogP contribution in [0, 0.1) is 26.4 Å². The normalized spacial score (nSPS) is 20.6. The highest BCUT2D eigenvalue weighted by atomic mass is 127. The molecule has 2 aliphatic heterocycles. The molecule has 2 aliphatic rings. The minimum atomic E-state index is -1.20. The molecule has 2 aromatic rings. The number of piperidine rings is 1. The van der Waals surface area contributed by atoms with E-state index in [9.17, 15) is 18.0 Å². The van der Waals surface area contributed by atoms with Gasteiger partial charge in [0.1, 0.15) is 5.82 Å². The summed E-state index contributed by atoms with van der Waals surface area (Å²) < 4.78 is 43.4. The maximum atomic E-state index is 14.6. The summed E-state index contributed by atoms with van der Waals surface area (Å²) in [5.41, 5.74) is -0.409. The first-order valence-electron chi connectivity index (χ1n) is 10.0. The summed E-state index contributed by atoms with van der Waals surface area (Å²) in [5.74, 6) is -3.30. The number of carbonyl (C=O) groups is 1. The number of hydrogen-bond donors (Lipinski definition) is 2. The standard InChI is InChI=1S/C22H23F3IN3O/c1-22(18-4-2-3-9-27-18)11-29(12-22)21(30)14-6-7-15(23)19(25)20(14)28-17-8-5-13(26)10-16(17)24/h5-8,10,18,27-28H,2-4,9,11-12H2,1H3/t18-/m0/s1. The van der Waals surface area contributed by atoms with Gasteiger partial charge in [0.15, 0.2) is 11.6 Å². The third kappa shape index (κ3) is 4.03. The van der Waals surface area contributed by atoms with Crippen LogP contribution in [0.4, 0.5) is 24.5 Å². The van der Waals surface area contributed by atoms with Crippen molar-refractivity contribution < 1.29 is 18.0 Å². The number of halogens is 4. The lowest BCUT2D eigenvalue weighted by Crippen LogP contribution is -2.65. The molecule has 0 bridgehead atoms. The molecule has 160 valence electrons. The van der Waals surface area contributed by atoms with Crippen LogP contribution in [0.2, 0.25) is 0 Å². The molecule has 0 radical (unpaired) electrons. The van der Waals surface area contributed by atoms with Gasteiger partial charge in [-0.3, -0.25) is 4.79 Å². The van der Waals surface area contributed by atoms with Crippen LogP contribution in [0.5, 0.6) is 0 Å². The molecule has 0 spiro atoms. The van der Waals surface area contributed by atoms with Crippen LogP contribution < -0.4 is 10.6 Å². The van der Waals surface area contributed by atoms with E-state index in [1.807, 2.05) is 22.6 Å². The Kier molecular flexibility index (Phi) is 5.98. The summed E-state index contributed by atoms with van der Waals surface area (Å²) in [7, 11) is 0. The number of nitrogens with one attached hydrogen (secondary N) is 2. The van der Waals surface area contributed by atoms with Crippen LogP contribution in [-0.4, -0.2) is 36.5 Å². The van der Waals surface area contributed by atoms with Crippen LogP contribution in [0.15, 0.2) is 30.3 Å². The number of hydrogen-bond acceptors (Lipinski definition) is 3. The van der Waals surface area contributed by atoms with Gasteiger partial charge < -0.3 is 15.5 Å². The van der Waals surface area contributed by atoms with Crippen molar-refractivity contribution in [1.29, 1.82) is 0 Å². The molecule has 0 aromatic heterocycles. The van der Waals surface area contributed by atoms with Crippen molar-refractivity contribution in [3.05, 3.63) is 56.9 Å². The van der Waals surface area contributed by atoms with Gasteiger partial charge in [-0.15, -0.1) is 0 Å². The minimum absolute atomic E-state index is 0.00879. The maximum Gasteiger partial charge on any atom is 0.256 e. The molecule has 4 nitrogen and oxygen atoms in total. The van der Waals surface area contributed by atoms with Gasteiger partial charge in [-0.05, 0) is 72.3 Å². The molecular weight excluding hydrogens is 506 g/mol. The first-order valence-corrected chi connectivity index (χ1v) is 11.1.